The fourth-order valence-corrected chi connectivity index (χ4v) is 0.619. The highest BCUT2D eigenvalue weighted by Gasteiger charge is 1.95. The highest BCUT2D eigenvalue weighted by Crippen LogP contribution is 1.84. The molecular weight excluding hydrogens is 200 g/mol. The molecule has 4 nitrogen and oxygen atoms in total. The van der Waals surface area contributed by atoms with Crippen molar-refractivity contribution in [3.63, 3.8) is 0 Å². The van der Waals surface area contributed by atoms with Crippen LogP contribution in [0.2, 0.25) is 0 Å². The van der Waals surface area contributed by atoms with Gasteiger partial charge in [0.1, 0.15) is 13.2 Å². The first-order valence-corrected chi connectivity index (χ1v) is 4.11. The molecular formula is C6H10O4S2. The molecule has 0 aliphatic rings. The number of hydrogen-bond acceptors (Lipinski definition) is 4. The average Bonchev–Trinajstić information content (AvgIpc) is 1.95. The Morgan fingerprint density at radius 3 is 1.50 bits per heavy atom. The molecule has 70 valence electrons. The van der Waals surface area contributed by atoms with E-state index in [1.165, 1.54) is 0 Å². The Labute approximate surface area is 81.4 Å². The van der Waals surface area contributed by atoms with Crippen LogP contribution in [0.5, 0.6) is 0 Å². The number of carbonyl (C=O) groups excluding carboxylic acids is 2. The van der Waals surface area contributed by atoms with Crippen LogP contribution in [0, 0.1) is 0 Å². The Morgan fingerprint density at radius 1 is 0.917 bits per heavy atom. The molecule has 0 aromatic rings. The summed E-state index contributed by atoms with van der Waals surface area (Å²) in [5, 5.41) is -0.666. The maximum atomic E-state index is 10.2. The molecule has 0 bridgehead atoms. The van der Waals surface area contributed by atoms with E-state index in [9.17, 15) is 9.59 Å². The lowest BCUT2D eigenvalue weighted by atomic mass is 10.7. The van der Waals surface area contributed by atoms with Gasteiger partial charge in [0, 0.05) is 0 Å². The second kappa shape index (κ2) is 7.60. The first-order chi connectivity index (χ1) is 5.63. The second-order valence-corrected chi connectivity index (χ2v) is 2.89. The third kappa shape index (κ3) is 9.96. The van der Waals surface area contributed by atoms with E-state index in [0.29, 0.717) is 0 Å². The van der Waals surface area contributed by atoms with Gasteiger partial charge in [0.25, 0.3) is 0 Å². The van der Waals surface area contributed by atoms with Crippen molar-refractivity contribution in [3.8, 4) is 0 Å². The number of hydrogen-bond donors (Lipinski definition) is 2. The first-order valence-electron chi connectivity index (χ1n) is 3.22. The minimum atomic E-state index is -0.333. The molecule has 0 N–H and O–H groups in total. The summed E-state index contributed by atoms with van der Waals surface area (Å²) in [4.78, 5) is 20.4. The van der Waals surface area contributed by atoms with Gasteiger partial charge in [-0.2, -0.15) is 0 Å². The van der Waals surface area contributed by atoms with Crippen LogP contribution in [0.4, 0.5) is 0 Å². The molecule has 0 radical (unpaired) electrons. The summed E-state index contributed by atoms with van der Waals surface area (Å²) in [5.41, 5.74) is 0. The summed E-state index contributed by atoms with van der Waals surface area (Å²) in [5.74, 6) is 0. The van der Waals surface area contributed by atoms with Gasteiger partial charge in [0.05, 0.1) is 13.2 Å². The quantitative estimate of drug-likeness (QED) is 0.456. The molecule has 0 saturated heterocycles. The molecule has 6 heteroatoms. The van der Waals surface area contributed by atoms with E-state index in [1.807, 2.05) is 0 Å². The largest absolute Gasteiger partial charge is 0.370 e. The lowest BCUT2D eigenvalue weighted by Gasteiger charge is -2.01. The third-order valence-electron chi connectivity index (χ3n) is 0.823. The monoisotopic (exact) mass is 210 g/mol. The number of ether oxygens (including phenoxy) is 2. The Kier molecular flexibility index (Phi) is 7.58. The van der Waals surface area contributed by atoms with Crippen molar-refractivity contribution < 1.29 is 19.1 Å². The van der Waals surface area contributed by atoms with Crippen molar-refractivity contribution >= 4 is 35.5 Å². The van der Waals surface area contributed by atoms with Crippen molar-refractivity contribution in [2.45, 2.75) is 0 Å². The molecule has 0 saturated carbocycles. The Morgan fingerprint density at radius 2 is 1.25 bits per heavy atom. The summed E-state index contributed by atoms with van der Waals surface area (Å²) in [7, 11) is 0. The van der Waals surface area contributed by atoms with Crippen LogP contribution >= 0.6 is 25.3 Å². The van der Waals surface area contributed by atoms with Crippen molar-refractivity contribution in [2.75, 3.05) is 26.4 Å². The predicted octanol–water partition coefficient (Wildman–Crippen LogP) is -0.0676. The lowest BCUT2D eigenvalue weighted by Crippen LogP contribution is -2.11. The van der Waals surface area contributed by atoms with E-state index in [0.717, 1.165) is 0 Å². The summed E-state index contributed by atoms with van der Waals surface area (Å²) in [6, 6.07) is 0. The predicted molar refractivity (Wildman–Crippen MR) is 49.6 cm³/mol. The normalized spacial score (nSPS) is 9.83. The van der Waals surface area contributed by atoms with Crippen LogP contribution < -0.4 is 0 Å². The second-order valence-electron chi connectivity index (χ2n) is 1.89. The van der Waals surface area contributed by atoms with Gasteiger partial charge < -0.3 is 9.47 Å². The van der Waals surface area contributed by atoms with Gasteiger partial charge in [-0.1, -0.05) is 0 Å². The molecule has 0 spiro atoms. The topological polar surface area (TPSA) is 52.6 Å². The van der Waals surface area contributed by atoms with E-state index in [4.69, 9.17) is 9.47 Å². The van der Waals surface area contributed by atoms with Crippen LogP contribution in [0.3, 0.4) is 0 Å². The van der Waals surface area contributed by atoms with Gasteiger partial charge in [0.2, 0.25) is 10.2 Å². The summed E-state index contributed by atoms with van der Waals surface area (Å²) in [6.45, 7) is 0.462. The van der Waals surface area contributed by atoms with Crippen molar-refractivity contribution in [1.29, 1.82) is 0 Å². The summed E-state index contributed by atoms with van der Waals surface area (Å²) < 4.78 is 9.58. The summed E-state index contributed by atoms with van der Waals surface area (Å²) in [6.07, 6.45) is 0. The third-order valence-corrected chi connectivity index (χ3v) is 1.08. The molecule has 0 aliphatic heterocycles. The van der Waals surface area contributed by atoms with Crippen molar-refractivity contribution in [2.24, 2.45) is 0 Å². The summed E-state index contributed by atoms with van der Waals surface area (Å²) >= 11 is 6.97. The standard InChI is InChI=1S/C6H10O4S2/c7-5(11)3-9-1-2-10-4-6(8)12/h1-4H2,(H,7,11)(H,8,12). The average molecular weight is 210 g/mol. The smallest absolute Gasteiger partial charge is 0.211 e. The molecule has 0 fully saturated rings. The maximum Gasteiger partial charge on any atom is 0.211 e. The van der Waals surface area contributed by atoms with Gasteiger partial charge in [-0.15, -0.1) is 25.3 Å². The minimum Gasteiger partial charge on any atom is -0.370 e. The number of rotatable bonds is 7. The van der Waals surface area contributed by atoms with E-state index in [1.54, 1.807) is 0 Å². The van der Waals surface area contributed by atoms with Gasteiger partial charge in [-0.05, 0) is 0 Å². The molecule has 0 amide bonds. The van der Waals surface area contributed by atoms with Crippen LogP contribution in [-0.2, 0) is 19.1 Å². The van der Waals surface area contributed by atoms with Crippen molar-refractivity contribution in [3.05, 3.63) is 0 Å². The van der Waals surface area contributed by atoms with Crippen LogP contribution in [0.25, 0.3) is 0 Å². The molecule has 0 unspecified atom stereocenters. The SMILES string of the molecule is O=C(S)COCCOCC(=O)S. The Bertz CT molecular complexity index is 142. The van der Waals surface area contributed by atoms with E-state index >= 15 is 0 Å². The zero-order chi connectivity index (χ0) is 9.40. The van der Waals surface area contributed by atoms with Crippen LogP contribution in [0.1, 0.15) is 0 Å². The Balaban J connectivity index is 3.01. The van der Waals surface area contributed by atoms with Gasteiger partial charge >= 0.3 is 0 Å². The number of carbonyl (C=O) groups is 2. The fourth-order valence-electron chi connectivity index (χ4n) is 0.437. The molecule has 0 aromatic heterocycles. The van der Waals surface area contributed by atoms with Gasteiger partial charge in [-0.25, -0.2) is 0 Å². The lowest BCUT2D eigenvalue weighted by molar-refractivity contribution is -0.118. The van der Waals surface area contributed by atoms with E-state index < -0.39 is 0 Å². The minimum absolute atomic E-state index is 0.0404. The highest BCUT2D eigenvalue weighted by atomic mass is 32.1. The molecule has 0 aromatic carbocycles. The first kappa shape index (κ1) is 12.0. The highest BCUT2D eigenvalue weighted by molar-refractivity contribution is 7.96. The number of thiol groups is 2. The Hall–Kier alpha value is -0.0400. The zero-order valence-electron chi connectivity index (χ0n) is 6.36. The molecule has 0 aliphatic carbocycles. The van der Waals surface area contributed by atoms with E-state index in [2.05, 4.69) is 25.3 Å². The van der Waals surface area contributed by atoms with Gasteiger partial charge in [-0.3, -0.25) is 9.59 Å². The molecule has 0 atom stereocenters. The molecule has 0 heterocycles. The van der Waals surface area contributed by atoms with Crippen LogP contribution in [-0.4, -0.2) is 36.7 Å². The van der Waals surface area contributed by atoms with Crippen LogP contribution in [0.15, 0.2) is 0 Å². The van der Waals surface area contributed by atoms with Gasteiger partial charge in [0.15, 0.2) is 0 Å². The van der Waals surface area contributed by atoms with Crippen molar-refractivity contribution in [1.82, 2.24) is 0 Å². The van der Waals surface area contributed by atoms with E-state index in [-0.39, 0.29) is 36.7 Å². The fraction of sp³-hybridized carbons (Fsp3) is 0.667. The molecule has 12 heavy (non-hydrogen) atoms. The molecule has 0 rings (SSSR count). The zero-order valence-corrected chi connectivity index (χ0v) is 8.14. The maximum absolute atomic E-state index is 10.2.